The van der Waals surface area contributed by atoms with Gasteiger partial charge in [0.05, 0.1) is 32.5 Å². The van der Waals surface area contributed by atoms with E-state index in [0.717, 1.165) is 21.1 Å². The standard InChI is InChI=1S/C41H30F2N6OS2/c1-25-46-33(23-51-25)13-11-29-19-44-40(42)35(37(29)48-17-15-27-7-3-5-9-31(27)21-48)39(50)36-38(49-18-16-28-8-4-6-10-32(28)22-49)30(20-45-41(36)43)12-14-34-24-52-26(2)47-34/h3-10,19-20,23-24H,15-18,21-22H2,1-2H3. The Morgan fingerprint density at radius 3 is 1.48 bits per heavy atom. The summed E-state index contributed by atoms with van der Waals surface area (Å²) in [6.07, 6.45) is 4.01. The number of rotatable bonds is 4. The van der Waals surface area contributed by atoms with E-state index >= 15 is 13.6 Å². The van der Waals surface area contributed by atoms with Crippen molar-refractivity contribution in [2.24, 2.45) is 0 Å². The average Bonchev–Trinajstić information content (AvgIpc) is 3.79. The number of hydrogen-bond acceptors (Lipinski definition) is 9. The van der Waals surface area contributed by atoms with Gasteiger partial charge >= 0.3 is 0 Å². The molecular formula is C41H30F2N6OS2. The van der Waals surface area contributed by atoms with Crippen LogP contribution in [0.5, 0.6) is 0 Å². The van der Waals surface area contributed by atoms with Gasteiger partial charge in [-0.2, -0.15) is 8.78 Å². The molecule has 0 N–H and O–H groups in total. The molecule has 0 atom stereocenters. The van der Waals surface area contributed by atoms with E-state index in [1.54, 1.807) is 0 Å². The van der Waals surface area contributed by atoms with E-state index in [1.165, 1.54) is 46.2 Å². The Morgan fingerprint density at radius 2 is 1.08 bits per heavy atom. The molecule has 0 saturated heterocycles. The van der Waals surface area contributed by atoms with Crippen molar-refractivity contribution in [1.82, 2.24) is 19.9 Å². The highest BCUT2D eigenvalue weighted by atomic mass is 32.1. The molecule has 7 nitrogen and oxygen atoms in total. The van der Waals surface area contributed by atoms with Gasteiger partial charge in [-0.3, -0.25) is 4.79 Å². The van der Waals surface area contributed by atoms with Gasteiger partial charge in [-0.15, -0.1) is 22.7 Å². The van der Waals surface area contributed by atoms with E-state index in [9.17, 15) is 0 Å². The topological polar surface area (TPSA) is 75.1 Å². The van der Waals surface area contributed by atoms with Gasteiger partial charge < -0.3 is 9.80 Å². The summed E-state index contributed by atoms with van der Waals surface area (Å²) in [4.78, 5) is 35.9. The number of aryl methyl sites for hydroxylation is 2. The van der Waals surface area contributed by atoms with Crippen LogP contribution in [0.3, 0.4) is 0 Å². The largest absolute Gasteiger partial charge is 0.365 e. The molecule has 52 heavy (non-hydrogen) atoms. The Balaban J connectivity index is 1.31. The SMILES string of the molecule is Cc1nc(C#Cc2cnc(F)c(C(=O)c3c(F)ncc(C#Cc4csc(C)n4)c3N3CCc4ccccc4C3)c2N2CCc3ccccc3C2)cs1. The fourth-order valence-electron chi connectivity index (χ4n) is 6.80. The fourth-order valence-corrected chi connectivity index (χ4v) is 7.89. The van der Waals surface area contributed by atoms with Gasteiger partial charge in [0.1, 0.15) is 22.5 Å². The van der Waals surface area contributed by atoms with Gasteiger partial charge in [0.25, 0.3) is 0 Å². The zero-order chi connectivity index (χ0) is 35.8. The first-order valence-electron chi connectivity index (χ1n) is 16.8. The van der Waals surface area contributed by atoms with Crippen LogP contribution < -0.4 is 9.80 Å². The number of thiazole rings is 2. The first-order chi connectivity index (χ1) is 25.3. The molecule has 0 fully saturated rings. The predicted octanol–water partition coefficient (Wildman–Crippen LogP) is 7.44. The molecule has 0 amide bonds. The van der Waals surface area contributed by atoms with Crippen LogP contribution in [0.1, 0.15) is 70.7 Å². The zero-order valence-corrected chi connectivity index (χ0v) is 30.0. The minimum absolute atomic E-state index is 0.259. The Morgan fingerprint density at radius 1 is 0.654 bits per heavy atom. The van der Waals surface area contributed by atoms with Crippen LogP contribution in [-0.4, -0.2) is 38.8 Å². The molecule has 0 unspecified atom stereocenters. The second-order valence-electron chi connectivity index (χ2n) is 12.6. The molecular weight excluding hydrogens is 695 g/mol. The van der Waals surface area contributed by atoms with Crippen LogP contribution in [0, 0.1) is 49.4 Å². The lowest BCUT2D eigenvalue weighted by Crippen LogP contribution is -2.34. The Kier molecular flexibility index (Phi) is 9.06. The number of nitrogens with zero attached hydrogens (tertiary/aromatic N) is 6. The van der Waals surface area contributed by atoms with Crippen molar-refractivity contribution in [2.75, 3.05) is 22.9 Å². The van der Waals surface area contributed by atoms with Crippen molar-refractivity contribution in [1.29, 1.82) is 0 Å². The second-order valence-corrected chi connectivity index (χ2v) is 14.7. The third-order valence-corrected chi connectivity index (χ3v) is 10.8. The van der Waals surface area contributed by atoms with Crippen LogP contribution in [0.25, 0.3) is 0 Å². The van der Waals surface area contributed by atoms with Crippen molar-refractivity contribution in [2.45, 2.75) is 39.8 Å². The number of hydrogen-bond donors (Lipinski definition) is 0. The first kappa shape index (κ1) is 33.4. The fraction of sp³-hybridized carbons (Fsp3) is 0.195. The summed E-state index contributed by atoms with van der Waals surface area (Å²) >= 11 is 2.94. The van der Waals surface area contributed by atoms with Gasteiger partial charge in [-0.1, -0.05) is 60.4 Å². The number of benzene rings is 2. The molecule has 2 aliphatic heterocycles. The summed E-state index contributed by atoms with van der Waals surface area (Å²) in [7, 11) is 0. The highest BCUT2D eigenvalue weighted by Gasteiger charge is 2.34. The van der Waals surface area contributed by atoms with Gasteiger partial charge in [0.15, 0.2) is 0 Å². The highest BCUT2D eigenvalue weighted by molar-refractivity contribution is 7.09. The van der Waals surface area contributed by atoms with Crippen molar-refractivity contribution in [3.05, 3.63) is 149 Å². The lowest BCUT2D eigenvalue weighted by Gasteiger charge is -2.34. The normalized spacial score (nSPS) is 13.4. The predicted molar refractivity (Wildman–Crippen MR) is 200 cm³/mol. The summed E-state index contributed by atoms with van der Waals surface area (Å²) in [5, 5.41) is 5.39. The van der Waals surface area contributed by atoms with Crippen molar-refractivity contribution in [3.63, 3.8) is 0 Å². The molecule has 0 spiro atoms. The Hall–Kier alpha value is -5.75. The third-order valence-electron chi connectivity index (χ3n) is 9.25. The molecule has 0 aliphatic carbocycles. The quantitative estimate of drug-likeness (QED) is 0.106. The number of carbonyl (C=O) groups is 1. The minimum Gasteiger partial charge on any atom is -0.365 e. The van der Waals surface area contributed by atoms with Gasteiger partial charge in [0.2, 0.25) is 17.7 Å². The number of pyridine rings is 2. The number of ketones is 1. The molecule has 0 radical (unpaired) electrons. The van der Waals surface area contributed by atoms with E-state index in [2.05, 4.69) is 55.8 Å². The van der Waals surface area contributed by atoms with E-state index in [4.69, 9.17) is 0 Å². The number of carbonyl (C=O) groups excluding carboxylic acids is 1. The molecule has 11 heteroatoms. The van der Waals surface area contributed by atoms with Crippen molar-refractivity contribution in [3.8, 4) is 23.7 Å². The maximum absolute atomic E-state index is 16.3. The van der Waals surface area contributed by atoms with Gasteiger partial charge in [-0.05, 0) is 60.8 Å². The molecule has 6 aromatic rings. The van der Waals surface area contributed by atoms with Crippen LogP contribution in [0.15, 0.2) is 71.7 Å². The zero-order valence-electron chi connectivity index (χ0n) is 28.3. The molecule has 8 rings (SSSR count). The Labute approximate surface area is 308 Å². The number of aromatic nitrogens is 4. The van der Waals surface area contributed by atoms with E-state index in [-0.39, 0.29) is 22.5 Å². The van der Waals surface area contributed by atoms with Crippen LogP contribution in [0.2, 0.25) is 0 Å². The third kappa shape index (κ3) is 6.57. The lowest BCUT2D eigenvalue weighted by atomic mass is 9.93. The van der Waals surface area contributed by atoms with Crippen molar-refractivity contribution >= 4 is 39.8 Å². The Bertz CT molecular complexity index is 2330. The van der Waals surface area contributed by atoms with E-state index in [1.807, 2.05) is 70.8 Å². The molecule has 0 saturated carbocycles. The maximum Gasteiger partial charge on any atom is 0.226 e. The summed E-state index contributed by atoms with van der Waals surface area (Å²) in [5.74, 6) is 9.45. The summed E-state index contributed by atoms with van der Waals surface area (Å²) in [6, 6.07) is 16.1. The van der Waals surface area contributed by atoms with Crippen LogP contribution in [0.4, 0.5) is 20.2 Å². The second kappa shape index (κ2) is 14.1. The van der Waals surface area contributed by atoms with Gasteiger partial charge in [0, 0.05) is 49.3 Å². The van der Waals surface area contributed by atoms with E-state index in [0.29, 0.717) is 61.5 Å². The average molecular weight is 725 g/mol. The summed E-state index contributed by atoms with van der Waals surface area (Å²) < 4.78 is 32.7. The monoisotopic (exact) mass is 724 g/mol. The summed E-state index contributed by atoms with van der Waals surface area (Å²) in [6.45, 7) is 5.56. The summed E-state index contributed by atoms with van der Waals surface area (Å²) in [5.41, 5.74) is 6.04. The molecule has 2 aromatic carbocycles. The minimum atomic E-state index is -1.02. The van der Waals surface area contributed by atoms with E-state index < -0.39 is 17.7 Å². The number of anilines is 2. The first-order valence-corrected chi connectivity index (χ1v) is 18.5. The van der Waals surface area contributed by atoms with Crippen LogP contribution in [-0.2, 0) is 25.9 Å². The molecule has 0 bridgehead atoms. The number of fused-ring (bicyclic) bond motifs is 2. The lowest BCUT2D eigenvalue weighted by molar-refractivity contribution is 0.103. The van der Waals surface area contributed by atoms with Crippen molar-refractivity contribution < 1.29 is 13.6 Å². The van der Waals surface area contributed by atoms with Crippen LogP contribution >= 0.6 is 22.7 Å². The maximum atomic E-state index is 16.3. The molecule has 6 heterocycles. The number of halogens is 2. The molecule has 256 valence electrons. The highest BCUT2D eigenvalue weighted by Crippen LogP contribution is 2.37. The van der Waals surface area contributed by atoms with Gasteiger partial charge in [-0.25, -0.2) is 19.9 Å². The smallest absolute Gasteiger partial charge is 0.226 e. The molecule has 4 aromatic heterocycles. The molecule has 2 aliphatic rings.